The van der Waals surface area contributed by atoms with Gasteiger partial charge in [-0.2, -0.15) is 8.78 Å². The lowest BCUT2D eigenvalue weighted by atomic mass is 10.3. The monoisotopic (exact) mass is 320 g/mol. The number of rotatable bonds is 7. The van der Waals surface area contributed by atoms with Crippen LogP contribution >= 0.6 is 11.3 Å². The molecule has 0 atom stereocenters. The van der Waals surface area contributed by atoms with E-state index in [-0.39, 0.29) is 4.21 Å². The Labute approximate surface area is 111 Å². The first-order valence-electron chi connectivity index (χ1n) is 5.13. The van der Waals surface area contributed by atoms with Crippen LogP contribution in [0, 0.1) is 0 Å². The molecule has 0 aliphatic carbocycles. The van der Waals surface area contributed by atoms with Gasteiger partial charge in [0.2, 0.25) is 10.0 Å². The standard InChI is InChI=1S/C9H12F4N2O2S2/c10-8(11)9(12,13)5-15-19(16,17)7-2-1-6(18-7)3-4-14/h1-2,8,15H,3-5,14H2. The number of hydrogen-bond acceptors (Lipinski definition) is 4. The van der Waals surface area contributed by atoms with E-state index in [1.165, 1.54) is 16.9 Å². The molecule has 0 saturated carbocycles. The number of thiophene rings is 1. The molecule has 0 aliphatic heterocycles. The van der Waals surface area contributed by atoms with Crippen LogP contribution < -0.4 is 10.5 Å². The molecular weight excluding hydrogens is 308 g/mol. The molecule has 0 radical (unpaired) electrons. The average molecular weight is 320 g/mol. The Morgan fingerprint density at radius 3 is 2.53 bits per heavy atom. The van der Waals surface area contributed by atoms with E-state index in [1.807, 2.05) is 0 Å². The van der Waals surface area contributed by atoms with E-state index < -0.39 is 28.9 Å². The highest BCUT2D eigenvalue weighted by Gasteiger charge is 2.41. The topological polar surface area (TPSA) is 72.2 Å². The third-order valence-corrected chi connectivity index (χ3v) is 5.15. The lowest BCUT2D eigenvalue weighted by molar-refractivity contribution is -0.122. The van der Waals surface area contributed by atoms with Gasteiger partial charge >= 0.3 is 12.3 Å². The summed E-state index contributed by atoms with van der Waals surface area (Å²) in [4.78, 5) is 0.670. The van der Waals surface area contributed by atoms with Crippen molar-refractivity contribution >= 4 is 21.4 Å². The first-order valence-corrected chi connectivity index (χ1v) is 7.43. The van der Waals surface area contributed by atoms with E-state index in [4.69, 9.17) is 5.73 Å². The molecule has 0 fully saturated rings. The summed E-state index contributed by atoms with van der Waals surface area (Å²) in [5.74, 6) is -4.40. The van der Waals surface area contributed by atoms with Gasteiger partial charge in [0.1, 0.15) is 4.21 Å². The molecule has 1 rings (SSSR count). The summed E-state index contributed by atoms with van der Waals surface area (Å²) in [6.07, 6.45) is -3.47. The SMILES string of the molecule is NCCc1ccc(S(=O)(=O)NCC(F)(F)C(F)F)s1. The summed E-state index contributed by atoms with van der Waals surface area (Å²) < 4.78 is 73.5. The van der Waals surface area contributed by atoms with Crippen LogP contribution in [-0.2, 0) is 16.4 Å². The zero-order chi connectivity index (χ0) is 14.7. The largest absolute Gasteiger partial charge is 0.330 e. The van der Waals surface area contributed by atoms with Crippen LogP contribution in [0.4, 0.5) is 17.6 Å². The van der Waals surface area contributed by atoms with Crippen LogP contribution in [0.15, 0.2) is 16.3 Å². The third kappa shape index (κ3) is 4.41. The van der Waals surface area contributed by atoms with Crippen LogP contribution in [0.5, 0.6) is 0 Å². The fraction of sp³-hybridized carbons (Fsp3) is 0.556. The van der Waals surface area contributed by atoms with Gasteiger partial charge in [-0.3, -0.25) is 0 Å². The van der Waals surface area contributed by atoms with E-state index in [1.54, 1.807) is 0 Å². The Morgan fingerprint density at radius 1 is 1.37 bits per heavy atom. The molecular formula is C9H12F4N2O2S2. The van der Waals surface area contributed by atoms with Crippen LogP contribution in [0.2, 0.25) is 0 Å². The van der Waals surface area contributed by atoms with E-state index in [0.29, 0.717) is 17.8 Å². The molecule has 1 heterocycles. The van der Waals surface area contributed by atoms with Gasteiger partial charge in [-0.15, -0.1) is 11.3 Å². The molecule has 19 heavy (non-hydrogen) atoms. The molecule has 4 nitrogen and oxygen atoms in total. The molecule has 10 heteroatoms. The molecule has 3 N–H and O–H groups in total. The first-order chi connectivity index (χ1) is 8.69. The maximum absolute atomic E-state index is 12.6. The molecule has 1 aromatic rings. The van der Waals surface area contributed by atoms with E-state index in [2.05, 4.69) is 0 Å². The molecule has 0 bridgehead atoms. The quantitative estimate of drug-likeness (QED) is 0.747. The van der Waals surface area contributed by atoms with Gasteiger partial charge in [0, 0.05) is 4.88 Å². The van der Waals surface area contributed by atoms with Crippen LogP contribution in [0.1, 0.15) is 4.88 Å². The summed E-state index contributed by atoms with van der Waals surface area (Å²) >= 11 is 0.861. The zero-order valence-corrected chi connectivity index (χ0v) is 11.2. The second-order valence-electron chi connectivity index (χ2n) is 3.65. The minimum absolute atomic E-state index is 0.207. The molecule has 0 saturated heterocycles. The van der Waals surface area contributed by atoms with Crippen molar-refractivity contribution in [2.75, 3.05) is 13.1 Å². The molecule has 0 aromatic carbocycles. The molecule has 110 valence electrons. The lowest BCUT2D eigenvalue weighted by Crippen LogP contribution is -2.41. The van der Waals surface area contributed by atoms with E-state index in [0.717, 1.165) is 11.3 Å². The van der Waals surface area contributed by atoms with Gasteiger partial charge in [-0.05, 0) is 25.1 Å². The number of sulfonamides is 1. The second kappa shape index (κ2) is 6.16. The fourth-order valence-corrected chi connectivity index (χ4v) is 3.58. The van der Waals surface area contributed by atoms with Crippen molar-refractivity contribution < 1.29 is 26.0 Å². The average Bonchev–Trinajstić information content (AvgIpc) is 2.76. The smallest absolute Gasteiger partial charge is 0.320 e. The number of alkyl halides is 4. The van der Waals surface area contributed by atoms with Crippen LogP contribution in [0.3, 0.4) is 0 Å². The lowest BCUT2D eigenvalue weighted by Gasteiger charge is -2.15. The molecule has 0 aliphatic rings. The predicted octanol–water partition coefficient (Wildman–Crippen LogP) is 1.43. The fourth-order valence-electron chi connectivity index (χ4n) is 1.12. The molecule has 0 spiro atoms. The van der Waals surface area contributed by atoms with Gasteiger partial charge < -0.3 is 5.73 Å². The summed E-state index contributed by atoms with van der Waals surface area (Å²) in [7, 11) is -4.21. The highest BCUT2D eigenvalue weighted by molar-refractivity contribution is 7.91. The Balaban J connectivity index is 2.75. The Kier molecular flexibility index (Phi) is 5.30. The summed E-state index contributed by atoms with van der Waals surface area (Å²) in [6, 6.07) is 2.72. The Bertz CT molecular complexity index is 516. The van der Waals surface area contributed by atoms with Crippen molar-refractivity contribution in [3.05, 3.63) is 17.0 Å². The van der Waals surface area contributed by atoms with Crippen molar-refractivity contribution in [1.82, 2.24) is 4.72 Å². The zero-order valence-electron chi connectivity index (χ0n) is 9.58. The summed E-state index contributed by atoms with van der Waals surface area (Å²) in [5, 5.41) is 0. The maximum atomic E-state index is 12.6. The minimum atomic E-state index is -4.40. The van der Waals surface area contributed by atoms with E-state index >= 15 is 0 Å². The van der Waals surface area contributed by atoms with Gasteiger partial charge in [0.05, 0.1) is 6.54 Å². The number of nitrogens with two attached hydrogens (primary N) is 1. The van der Waals surface area contributed by atoms with E-state index in [9.17, 15) is 26.0 Å². The second-order valence-corrected chi connectivity index (χ2v) is 6.81. The Hall–Kier alpha value is -0.710. The molecule has 0 unspecified atom stereocenters. The van der Waals surface area contributed by atoms with Crippen molar-refractivity contribution in [1.29, 1.82) is 0 Å². The Morgan fingerprint density at radius 2 is 2.00 bits per heavy atom. The normalized spacial score (nSPS) is 13.2. The first kappa shape index (κ1) is 16.3. The van der Waals surface area contributed by atoms with Crippen LogP contribution in [0.25, 0.3) is 0 Å². The van der Waals surface area contributed by atoms with Crippen molar-refractivity contribution in [2.45, 2.75) is 23.0 Å². The highest BCUT2D eigenvalue weighted by atomic mass is 32.2. The van der Waals surface area contributed by atoms with Gasteiger partial charge in [0.25, 0.3) is 0 Å². The number of halogens is 4. The van der Waals surface area contributed by atoms with Crippen molar-refractivity contribution in [3.63, 3.8) is 0 Å². The number of hydrogen-bond donors (Lipinski definition) is 2. The summed E-state index contributed by atoms with van der Waals surface area (Å²) in [5.41, 5.74) is 5.29. The molecule has 0 amide bonds. The predicted molar refractivity (Wildman–Crippen MR) is 63.2 cm³/mol. The number of nitrogens with one attached hydrogen (secondary N) is 1. The van der Waals surface area contributed by atoms with Gasteiger partial charge in [-0.1, -0.05) is 0 Å². The van der Waals surface area contributed by atoms with Gasteiger partial charge in [-0.25, -0.2) is 21.9 Å². The molecule has 1 aromatic heterocycles. The van der Waals surface area contributed by atoms with Crippen molar-refractivity contribution in [2.24, 2.45) is 5.73 Å². The maximum Gasteiger partial charge on any atom is 0.320 e. The minimum Gasteiger partial charge on any atom is -0.330 e. The van der Waals surface area contributed by atoms with Gasteiger partial charge in [0.15, 0.2) is 0 Å². The van der Waals surface area contributed by atoms with Crippen LogP contribution in [-0.4, -0.2) is 33.9 Å². The van der Waals surface area contributed by atoms with Crippen molar-refractivity contribution in [3.8, 4) is 0 Å². The third-order valence-electron chi connectivity index (χ3n) is 2.11. The summed E-state index contributed by atoms with van der Waals surface area (Å²) in [6.45, 7) is -1.33. The highest BCUT2D eigenvalue weighted by Crippen LogP contribution is 2.25.